The van der Waals surface area contributed by atoms with Crippen LogP contribution in [0.1, 0.15) is 18.5 Å². The summed E-state index contributed by atoms with van der Waals surface area (Å²) in [7, 11) is 3.80. The van der Waals surface area contributed by atoms with Crippen molar-refractivity contribution in [1.29, 1.82) is 0 Å². The lowest BCUT2D eigenvalue weighted by Gasteiger charge is -2.16. The molecule has 5 nitrogen and oxygen atoms in total. The van der Waals surface area contributed by atoms with Gasteiger partial charge in [-0.25, -0.2) is 4.99 Å². The molecule has 0 aliphatic heterocycles. The van der Waals surface area contributed by atoms with Crippen molar-refractivity contribution in [3.8, 4) is 0 Å². The van der Waals surface area contributed by atoms with E-state index in [1.807, 2.05) is 19.0 Å². The van der Waals surface area contributed by atoms with E-state index < -0.39 is 0 Å². The first kappa shape index (κ1) is 11.3. The summed E-state index contributed by atoms with van der Waals surface area (Å²) in [6, 6.07) is 0.572. The number of nitrogens with two attached hydrogens (primary N) is 1. The van der Waals surface area contributed by atoms with Gasteiger partial charge in [-0.1, -0.05) is 11.6 Å². The monoisotopic (exact) mass is 241 g/mol. The third-order valence-electron chi connectivity index (χ3n) is 2.70. The Morgan fingerprint density at radius 3 is 2.94 bits per heavy atom. The summed E-state index contributed by atoms with van der Waals surface area (Å²) in [5.41, 5.74) is 6.62. The zero-order chi connectivity index (χ0) is 11.7. The molecule has 0 radical (unpaired) electrons. The van der Waals surface area contributed by atoms with Gasteiger partial charge in [0.05, 0.1) is 11.6 Å². The van der Waals surface area contributed by atoms with E-state index in [1.54, 1.807) is 10.9 Å². The molecule has 2 N–H and O–H groups in total. The number of aliphatic imine (C=N–C) groups is 1. The second kappa shape index (κ2) is 4.33. The van der Waals surface area contributed by atoms with E-state index in [2.05, 4.69) is 10.1 Å². The van der Waals surface area contributed by atoms with Gasteiger partial charge in [0.15, 0.2) is 5.96 Å². The highest BCUT2D eigenvalue weighted by molar-refractivity contribution is 6.31. The number of aryl methyl sites for hydroxylation is 1. The molecule has 0 amide bonds. The Labute approximate surface area is 99.9 Å². The van der Waals surface area contributed by atoms with Crippen LogP contribution in [0.15, 0.2) is 11.2 Å². The van der Waals surface area contributed by atoms with E-state index in [0.29, 0.717) is 23.6 Å². The summed E-state index contributed by atoms with van der Waals surface area (Å²) in [4.78, 5) is 6.30. The van der Waals surface area contributed by atoms with Gasteiger partial charge in [0, 0.05) is 26.3 Å². The molecule has 1 aromatic heterocycles. The molecule has 0 atom stereocenters. The maximum atomic E-state index is 5.98. The average molecular weight is 242 g/mol. The summed E-state index contributed by atoms with van der Waals surface area (Å²) in [5, 5.41) is 4.84. The number of nitrogens with zero attached hydrogens (tertiary/aromatic N) is 4. The number of aromatic nitrogens is 2. The van der Waals surface area contributed by atoms with Crippen LogP contribution >= 0.6 is 11.6 Å². The van der Waals surface area contributed by atoms with Gasteiger partial charge in [0.1, 0.15) is 5.69 Å². The SMILES string of the molecule is CN(C(N)=NCc1nn(C)cc1Cl)C1CC1. The molecule has 1 aromatic rings. The topological polar surface area (TPSA) is 59.4 Å². The number of rotatable bonds is 3. The third-order valence-corrected chi connectivity index (χ3v) is 3.02. The van der Waals surface area contributed by atoms with Crippen LogP contribution in [-0.4, -0.2) is 33.7 Å². The van der Waals surface area contributed by atoms with Crippen molar-refractivity contribution in [3.63, 3.8) is 0 Å². The van der Waals surface area contributed by atoms with E-state index in [9.17, 15) is 0 Å². The molecule has 0 aromatic carbocycles. The van der Waals surface area contributed by atoms with Crippen molar-refractivity contribution >= 4 is 17.6 Å². The van der Waals surface area contributed by atoms with Crippen LogP contribution in [0.2, 0.25) is 5.02 Å². The molecular formula is C10H16ClN5. The van der Waals surface area contributed by atoms with Crippen molar-refractivity contribution in [2.45, 2.75) is 25.4 Å². The van der Waals surface area contributed by atoms with Gasteiger partial charge in [0.25, 0.3) is 0 Å². The number of halogens is 1. The molecular weight excluding hydrogens is 226 g/mol. The van der Waals surface area contributed by atoms with Crippen molar-refractivity contribution in [1.82, 2.24) is 14.7 Å². The maximum absolute atomic E-state index is 5.98. The third kappa shape index (κ3) is 2.47. The van der Waals surface area contributed by atoms with Crippen LogP contribution < -0.4 is 5.73 Å². The van der Waals surface area contributed by atoms with Gasteiger partial charge >= 0.3 is 0 Å². The first-order chi connectivity index (χ1) is 7.58. The minimum atomic E-state index is 0.433. The van der Waals surface area contributed by atoms with E-state index in [0.717, 1.165) is 5.69 Å². The Bertz CT molecular complexity index is 407. The summed E-state index contributed by atoms with van der Waals surface area (Å²) >= 11 is 5.98. The van der Waals surface area contributed by atoms with Crippen LogP contribution in [0.3, 0.4) is 0 Å². The number of guanidine groups is 1. The Kier molecular flexibility index (Phi) is 3.05. The normalized spacial score (nSPS) is 16.6. The Balaban J connectivity index is 1.99. The highest BCUT2D eigenvalue weighted by Gasteiger charge is 2.27. The van der Waals surface area contributed by atoms with Crippen molar-refractivity contribution in [2.75, 3.05) is 7.05 Å². The molecule has 0 saturated heterocycles. The van der Waals surface area contributed by atoms with Gasteiger partial charge in [-0.2, -0.15) is 5.10 Å². The fourth-order valence-electron chi connectivity index (χ4n) is 1.53. The quantitative estimate of drug-likeness (QED) is 0.634. The fraction of sp³-hybridized carbons (Fsp3) is 0.600. The van der Waals surface area contributed by atoms with Gasteiger partial charge in [-0.15, -0.1) is 0 Å². The molecule has 1 aliphatic carbocycles. The fourth-order valence-corrected chi connectivity index (χ4v) is 1.77. The zero-order valence-electron chi connectivity index (χ0n) is 9.52. The van der Waals surface area contributed by atoms with Gasteiger partial charge < -0.3 is 10.6 Å². The second-order valence-corrected chi connectivity index (χ2v) is 4.52. The summed E-state index contributed by atoms with van der Waals surface area (Å²) in [5.74, 6) is 0.559. The standard InChI is InChI=1S/C10H16ClN5/c1-15-6-8(11)9(14-15)5-13-10(12)16(2)7-3-4-7/h6-7H,3-5H2,1-2H3,(H2,12,13). The predicted molar refractivity (Wildman–Crippen MR) is 64.3 cm³/mol. The molecule has 1 aliphatic rings. The molecule has 2 rings (SSSR count). The average Bonchev–Trinajstić information content (AvgIpc) is 3.01. The van der Waals surface area contributed by atoms with Gasteiger partial charge in [-0.3, -0.25) is 4.68 Å². The Morgan fingerprint density at radius 2 is 2.44 bits per heavy atom. The molecule has 6 heteroatoms. The molecule has 1 heterocycles. The number of hydrogen-bond donors (Lipinski definition) is 1. The van der Waals surface area contributed by atoms with E-state index >= 15 is 0 Å². The molecule has 88 valence electrons. The predicted octanol–water partition coefficient (Wildman–Crippen LogP) is 0.982. The van der Waals surface area contributed by atoms with Crippen LogP contribution in [0.25, 0.3) is 0 Å². The highest BCUT2D eigenvalue weighted by Crippen LogP contribution is 2.25. The minimum absolute atomic E-state index is 0.433. The Morgan fingerprint density at radius 1 is 1.75 bits per heavy atom. The summed E-state index contributed by atoms with van der Waals surface area (Å²) < 4.78 is 1.67. The lowest BCUT2D eigenvalue weighted by molar-refractivity contribution is 0.487. The highest BCUT2D eigenvalue weighted by atomic mass is 35.5. The van der Waals surface area contributed by atoms with Gasteiger partial charge in [0.2, 0.25) is 0 Å². The molecule has 1 saturated carbocycles. The molecule has 0 unspecified atom stereocenters. The second-order valence-electron chi connectivity index (χ2n) is 4.11. The Hall–Kier alpha value is -1.23. The first-order valence-electron chi connectivity index (χ1n) is 5.28. The first-order valence-corrected chi connectivity index (χ1v) is 5.66. The van der Waals surface area contributed by atoms with Crippen LogP contribution in [-0.2, 0) is 13.6 Å². The molecule has 0 spiro atoms. The van der Waals surface area contributed by atoms with Crippen LogP contribution in [0, 0.1) is 0 Å². The van der Waals surface area contributed by atoms with Crippen molar-refractivity contribution in [3.05, 3.63) is 16.9 Å². The largest absolute Gasteiger partial charge is 0.370 e. The molecule has 16 heavy (non-hydrogen) atoms. The minimum Gasteiger partial charge on any atom is -0.370 e. The van der Waals surface area contributed by atoms with Gasteiger partial charge in [-0.05, 0) is 12.8 Å². The van der Waals surface area contributed by atoms with Crippen molar-refractivity contribution in [2.24, 2.45) is 17.8 Å². The van der Waals surface area contributed by atoms with E-state index in [-0.39, 0.29) is 0 Å². The lowest BCUT2D eigenvalue weighted by Crippen LogP contribution is -2.35. The molecule has 1 fully saturated rings. The van der Waals surface area contributed by atoms with Crippen molar-refractivity contribution < 1.29 is 0 Å². The smallest absolute Gasteiger partial charge is 0.191 e. The van der Waals surface area contributed by atoms with E-state index in [4.69, 9.17) is 17.3 Å². The summed E-state index contributed by atoms with van der Waals surface area (Å²) in [6.45, 7) is 0.433. The van der Waals surface area contributed by atoms with Crippen LogP contribution in [0.5, 0.6) is 0 Å². The van der Waals surface area contributed by atoms with Crippen LogP contribution in [0.4, 0.5) is 0 Å². The maximum Gasteiger partial charge on any atom is 0.191 e. The molecule has 0 bridgehead atoms. The van der Waals surface area contributed by atoms with E-state index in [1.165, 1.54) is 12.8 Å². The zero-order valence-corrected chi connectivity index (χ0v) is 10.3. The lowest BCUT2D eigenvalue weighted by atomic mass is 10.4. The number of hydrogen-bond acceptors (Lipinski definition) is 2. The summed E-state index contributed by atoms with van der Waals surface area (Å²) in [6.07, 6.45) is 4.17.